The van der Waals surface area contributed by atoms with Crippen LogP contribution in [0.15, 0.2) is 42.5 Å². The third-order valence-electron chi connectivity index (χ3n) is 3.79. The average Bonchev–Trinajstić information content (AvgIpc) is 3.09. The molecular weight excluding hydrogens is 400 g/mol. The molecule has 0 atom stereocenters. The van der Waals surface area contributed by atoms with Crippen molar-refractivity contribution in [2.45, 2.75) is 19.8 Å². The van der Waals surface area contributed by atoms with E-state index in [1.807, 2.05) is 6.92 Å². The maximum absolute atomic E-state index is 12.1. The highest BCUT2D eigenvalue weighted by Crippen LogP contribution is 2.27. The van der Waals surface area contributed by atoms with Gasteiger partial charge in [0.15, 0.2) is 11.7 Å². The standard InChI is InChI=1S/C20H19ClN2O4S/c1-2-3-10-26-19(25)13-4-9-16-17(11-13)28-20(22-16)23-18(24)12-27-15-7-5-14(21)6-8-15/h4-9,11H,2-3,10,12H2,1H3,(H,22,23,24). The van der Waals surface area contributed by atoms with Crippen LogP contribution in [0.1, 0.15) is 30.1 Å². The first kappa shape index (κ1) is 20.1. The number of carbonyl (C=O) groups is 2. The van der Waals surface area contributed by atoms with Crippen LogP contribution in [0.5, 0.6) is 5.75 Å². The summed E-state index contributed by atoms with van der Waals surface area (Å²) in [6.07, 6.45) is 1.80. The molecule has 6 nitrogen and oxygen atoms in total. The number of rotatable bonds is 8. The van der Waals surface area contributed by atoms with Gasteiger partial charge in [-0.3, -0.25) is 10.1 Å². The van der Waals surface area contributed by atoms with Gasteiger partial charge in [-0.2, -0.15) is 0 Å². The molecule has 1 heterocycles. The van der Waals surface area contributed by atoms with Crippen molar-refractivity contribution in [3.05, 3.63) is 53.1 Å². The van der Waals surface area contributed by atoms with Gasteiger partial charge >= 0.3 is 5.97 Å². The van der Waals surface area contributed by atoms with Gasteiger partial charge in [0.1, 0.15) is 5.75 Å². The Morgan fingerprint density at radius 3 is 2.71 bits per heavy atom. The van der Waals surface area contributed by atoms with E-state index in [1.54, 1.807) is 42.5 Å². The summed E-state index contributed by atoms with van der Waals surface area (Å²) in [6, 6.07) is 11.9. The van der Waals surface area contributed by atoms with Crippen molar-refractivity contribution in [2.24, 2.45) is 0 Å². The van der Waals surface area contributed by atoms with Crippen LogP contribution in [0.3, 0.4) is 0 Å². The van der Waals surface area contributed by atoms with Crippen LogP contribution in [0.2, 0.25) is 5.02 Å². The van der Waals surface area contributed by atoms with Gasteiger partial charge in [-0.1, -0.05) is 36.3 Å². The highest BCUT2D eigenvalue weighted by atomic mass is 35.5. The van der Waals surface area contributed by atoms with Gasteiger partial charge in [-0.25, -0.2) is 9.78 Å². The Labute approximate surface area is 171 Å². The highest BCUT2D eigenvalue weighted by molar-refractivity contribution is 7.22. The summed E-state index contributed by atoms with van der Waals surface area (Å²) >= 11 is 7.10. The molecule has 146 valence electrons. The molecule has 0 unspecified atom stereocenters. The summed E-state index contributed by atoms with van der Waals surface area (Å²) in [5.41, 5.74) is 1.17. The van der Waals surface area contributed by atoms with Gasteiger partial charge in [0, 0.05) is 5.02 Å². The molecule has 0 radical (unpaired) electrons. The van der Waals surface area contributed by atoms with Crippen LogP contribution in [-0.4, -0.2) is 30.1 Å². The predicted octanol–water partition coefficient (Wildman–Crippen LogP) is 4.92. The van der Waals surface area contributed by atoms with Crippen LogP contribution in [0.4, 0.5) is 5.13 Å². The minimum atomic E-state index is -0.356. The van der Waals surface area contributed by atoms with Crippen molar-refractivity contribution in [3.8, 4) is 5.75 Å². The molecule has 3 rings (SSSR count). The van der Waals surface area contributed by atoms with Crippen LogP contribution in [0.25, 0.3) is 10.2 Å². The summed E-state index contributed by atoms with van der Waals surface area (Å²) in [5.74, 6) is -0.131. The quantitative estimate of drug-likeness (QED) is 0.414. The van der Waals surface area contributed by atoms with Crippen LogP contribution >= 0.6 is 22.9 Å². The monoisotopic (exact) mass is 418 g/mol. The summed E-state index contributed by atoms with van der Waals surface area (Å²) in [7, 11) is 0. The van der Waals surface area contributed by atoms with Crippen molar-refractivity contribution in [1.82, 2.24) is 4.98 Å². The number of nitrogens with zero attached hydrogens (tertiary/aromatic N) is 1. The smallest absolute Gasteiger partial charge is 0.338 e. The van der Waals surface area contributed by atoms with E-state index in [0.717, 1.165) is 17.5 Å². The van der Waals surface area contributed by atoms with Crippen LogP contribution in [0, 0.1) is 0 Å². The molecule has 0 fully saturated rings. The SMILES string of the molecule is CCCCOC(=O)c1ccc2nc(NC(=O)COc3ccc(Cl)cc3)sc2c1. The van der Waals surface area contributed by atoms with E-state index in [1.165, 1.54) is 11.3 Å². The van der Waals surface area contributed by atoms with E-state index in [-0.39, 0.29) is 18.5 Å². The molecule has 0 aliphatic carbocycles. The zero-order valence-electron chi connectivity index (χ0n) is 15.2. The molecule has 1 amide bonds. The number of carbonyl (C=O) groups excluding carboxylic acids is 2. The Bertz CT molecular complexity index is 972. The van der Waals surface area contributed by atoms with Crippen LogP contribution < -0.4 is 10.1 Å². The van der Waals surface area contributed by atoms with E-state index in [0.29, 0.717) is 33.6 Å². The molecule has 0 aliphatic rings. The lowest BCUT2D eigenvalue weighted by Gasteiger charge is -2.05. The average molecular weight is 419 g/mol. The second-order valence-corrected chi connectivity index (χ2v) is 7.45. The van der Waals surface area contributed by atoms with Gasteiger partial charge in [-0.05, 0) is 48.9 Å². The molecule has 1 N–H and O–H groups in total. The molecule has 2 aromatic carbocycles. The number of ether oxygens (including phenoxy) is 2. The van der Waals surface area contributed by atoms with Gasteiger partial charge < -0.3 is 9.47 Å². The zero-order valence-corrected chi connectivity index (χ0v) is 16.8. The summed E-state index contributed by atoms with van der Waals surface area (Å²) in [4.78, 5) is 28.5. The van der Waals surface area contributed by atoms with E-state index < -0.39 is 0 Å². The fourth-order valence-electron chi connectivity index (χ4n) is 2.33. The zero-order chi connectivity index (χ0) is 19.9. The molecule has 28 heavy (non-hydrogen) atoms. The maximum Gasteiger partial charge on any atom is 0.338 e. The first-order valence-electron chi connectivity index (χ1n) is 8.81. The number of halogens is 1. The normalized spacial score (nSPS) is 10.6. The van der Waals surface area contributed by atoms with Crippen molar-refractivity contribution >= 4 is 50.2 Å². The maximum atomic E-state index is 12.1. The Balaban J connectivity index is 1.59. The summed E-state index contributed by atoms with van der Waals surface area (Å²) in [5, 5.41) is 3.74. The van der Waals surface area contributed by atoms with E-state index in [9.17, 15) is 9.59 Å². The third kappa shape index (κ3) is 5.43. The van der Waals surface area contributed by atoms with Crippen molar-refractivity contribution in [3.63, 3.8) is 0 Å². The van der Waals surface area contributed by atoms with Gasteiger partial charge in [0.2, 0.25) is 0 Å². The minimum absolute atomic E-state index is 0.146. The largest absolute Gasteiger partial charge is 0.484 e. The van der Waals surface area contributed by atoms with Crippen molar-refractivity contribution in [1.29, 1.82) is 0 Å². The number of anilines is 1. The van der Waals surface area contributed by atoms with E-state index in [2.05, 4.69) is 10.3 Å². The summed E-state index contributed by atoms with van der Waals surface area (Å²) in [6.45, 7) is 2.30. The predicted molar refractivity (Wildman–Crippen MR) is 110 cm³/mol. The number of aromatic nitrogens is 1. The van der Waals surface area contributed by atoms with Gasteiger partial charge in [0.25, 0.3) is 5.91 Å². The van der Waals surface area contributed by atoms with Crippen molar-refractivity contribution < 1.29 is 19.1 Å². The molecule has 8 heteroatoms. The molecule has 0 bridgehead atoms. The Morgan fingerprint density at radius 1 is 1.18 bits per heavy atom. The molecule has 0 spiro atoms. The number of esters is 1. The topological polar surface area (TPSA) is 77.5 Å². The number of fused-ring (bicyclic) bond motifs is 1. The van der Waals surface area contributed by atoms with E-state index in [4.69, 9.17) is 21.1 Å². The molecule has 1 aromatic heterocycles. The van der Waals surface area contributed by atoms with Gasteiger partial charge in [-0.15, -0.1) is 0 Å². The number of nitrogens with one attached hydrogen (secondary N) is 1. The molecular formula is C20H19ClN2O4S. The first-order valence-corrected chi connectivity index (χ1v) is 10.0. The number of benzene rings is 2. The van der Waals surface area contributed by atoms with Crippen LogP contribution in [-0.2, 0) is 9.53 Å². The minimum Gasteiger partial charge on any atom is -0.484 e. The number of amides is 1. The molecule has 0 saturated carbocycles. The number of thiazole rings is 1. The Kier molecular flexibility index (Phi) is 6.84. The fourth-order valence-corrected chi connectivity index (χ4v) is 3.38. The lowest BCUT2D eigenvalue weighted by Crippen LogP contribution is -2.19. The highest BCUT2D eigenvalue weighted by Gasteiger charge is 2.12. The second kappa shape index (κ2) is 9.52. The Morgan fingerprint density at radius 2 is 1.96 bits per heavy atom. The second-order valence-electron chi connectivity index (χ2n) is 5.98. The van der Waals surface area contributed by atoms with E-state index >= 15 is 0 Å². The van der Waals surface area contributed by atoms with Gasteiger partial charge in [0.05, 0.1) is 22.4 Å². The number of hydrogen-bond acceptors (Lipinski definition) is 6. The molecule has 0 aliphatic heterocycles. The first-order chi connectivity index (χ1) is 13.5. The summed E-state index contributed by atoms with van der Waals surface area (Å²) < 4.78 is 11.4. The molecule has 0 saturated heterocycles. The fraction of sp³-hybridized carbons (Fsp3) is 0.250. The lowest BCUT2D eigenvalue weighted by molar-refractivity contribution is -0.118. The molecule has 3 aromatic rings. The number of unbranched alkanes of at least 4 members (excludes halogenated alkanes) is 1. The lowest BCUT2D eigenvalue weighted by atomic mass is 10.2. The van der Waals surface area contributed by atoms with Crippen molar-refractivity contribution in [2.75, 3.05) is 18.5 Å². The Hall–Kier alpha value is -2.64. The third-order valence-corrected chi connectivity index (χ3v) is 4.97. The number of hydrogen-bond donors (Lipinski definition) is 1.